The van der Waals surface area contributed by atoms with E-state index in [1.54, 1.807) is 4.90 Å². The van der Waals surface area contributed by atoms with E-state index in [0.717, 1.165) is 32.1 Å². The molecule has 7 heteroatoms. The van der Waals surface area contributed by atoms with Crippen LogP contribution in [0, 0.1) is 0 Å². The molecule has 0 radical (unpaired) electrons. The highest BCUT2D eigenvalue weighted by molar-refractivity contribution is 5.81. The maximum absolute atomic E-state index is 12.6. The maximum atomic E-state index is 12.6. The van der Waals surface area contributed by atoms with E-state index in [4.69, 9.17) is 5.11 Å². The molecular weight excluding hydrogens is 274 g/mol. The number of amides is 3. The highest BCUT2D eigenvalue weighted by atomic mass is 16.4. The van der Waals surface area contributed by atoms with Crippen LogP contribution in [0.25, 0.3) is 0 Å². The highest BCUT2D eigenvalue weighted by Crippen LogP contribution is 2.25. The first-order valence-corrected chi connectivity index (χ1v) is 7.52. The van der Waals surface area contributed by atoms with Crippen LogP contribution in [0.15, 0.2) is 0 Å². The summed E-state index contributed by atoms with van der Waals surface area (Å²) in [6.45, 7) is 2.23. The number of hydrogen-bond acceptors (Lipinski definition) is 3. The molecule has 0 aromatic heterocycles. The molecule has 1 unspecified atom stereocenters. The molecule has 0 spiro atoms. The summed E-state index contributed by atoms with van der Waals surface area (Å²) in [7, 11) is 0. The first-order chi connectivity index (χ1) is 9.97. The Morgan fingerprint density at radius 3 is 2.48 bits per heavy atom. The molecule has 0 bridgehead atoms. The van der Waals surface area contributed by atoms with E-state index in [0.29, 0.717) is 13.1 Å². The third kappa shape index (κ3) is 4.09. The van der Waals surface area contributed by atoms with Crippen molar-refractivity contribution in [3.05, 3.63) is 0 Å². The number of carbonyl (C=O) groups excluding carboxylic acids is 2. The van der Waals surface area contributed by atoms with Crippen LogP contribution in [0.4, 0.5) is 4.79 Å². The number of urea groups is 1. The number of aliphatic carboxylic acids is 1. The Labute approximate surface area is 124 Å². The molecule has 2 aliphatic rings. The Bertz CT molecular complexity index is 420. The fraction of sp³-hybridized carbons (Fsp3) is 0.786. The standard InChI is InChI=1S/C14H23N3O4/c1-10(18)15-11-6-7-16(8-11)14(21)17(9-13(19)20)12-4-2-3-5-12/h11-12H,2-9H2,1H3,(H,15,18)(H,19,20). The number of nitrogens with one attached hydrogen (secondary N) is 1. The molecule has 7 nitrogen and oxygen atoms in total. The van der Waals surface area contributed by atoms with Gasteiger partial charge in [-0.2, -0.15) is 0 Å². The predicted molar refractivity (Wildman–Crippen MR) is 75.8 cm³/mol. The van der Waals surface area contributed by atoms with Gasteiger partial charge >= 0.3 is 12.0 Å². The number of carboxylic acid groups (broad SMARTS) is 1. The molecule has 1 atom stereocenters. The van der Waals surface area contributed by atoms with Gasteiger partial charge in [-0.25, -0.2) is 4.79 Å². The summed E-state index contributed by atoms with van der Waals surface area (Å²) in [6, 6.07) is -0.202. The Kier molecular flexibility index (Phi) is 5.03. The lowest BCUT2D eigenvalue weighted by molar-refractivity contribution is -0.138. The van der Waals surface area contributed by atoms with Gasteiger partial charge in [0, 0.05) is 32.1 Å². The maximum Gasteiger partial charge on any atom is 0.323 e. The average molecular weight is 297 g/mol. The molecule has 0 aromatic rings. The Hall–Kier alpha value is -1.79. The lowest BCUT2D eigenvalue weighted by Gasteiger charge is -2.31. The molecule has 1 heterocycles. The summed E-state index contributed by atoms with van der Waals surface area (Å²) in [5, 5.41) is 11.8. The molecule has 2 fully saturated rings. The van der Waals surface area contributed by atoms with Crippen molar-refractivity contribution >= 4 is 17.9 Å². The van der Waals surface area contributed by atoms with E-state index in [9.17, 15) is 14.4 Å². The summed E-state index contributed by atoms with van der Waals surface area (Å²) in [5.41, 5.74) is 0. The zero-order chi connectivity index (χ0) is 15.4. The van der Waals surface area contributed by atoms with Gasteiger partial charge in [-0.15, -0.1) is 0 Å². The number of hydrogen-bond donors (Lipinski definition) is 2. The largest absolute Gasteiger partial charge is 0.480 e. The number of rotatable bonds is 4. The topological polar surface area (TPSA) is 90.0 Å². The third-order valence-electron chi connectivity index (χ3n) is 4.18. The minimum atomic E-state index is -0.979. The van der Waals surface area contributed by atoms with Crippen LogP contribution in [0.2, 0.25) is 0 Å². The predicted octanol–water partition coefficient (Wildman–Crippen LogP) is 0.646. The SMILES string of the molecule is CC(=O)NC1CCN(C(=O)N(CC(=O)O)C2CCCC2)C1. The van der Waals surface area contributed by atoms with Gasteiger partial charge in [0.2, 0.25) is 5.91 Å². The van der Waals surface area contributed by atoms with Crippen molar-refractivity contribution in [1.82, 2.24) is 15.1 Å². The molecule has 2 N–H and O–H groups in total. The van der Waals surface area contributed by atoms with E-state index in [1.807, 2.05) is 0 Å². The van der Waals surface area contributed by atoms with Gasteiger partial charge in [0.1, 0.15) is 6.54 Å². The van der Waals surface area contributed by atoms with Crippen LogP contribution < -0.4 is 5.32 Å². The molecule has 1 saturated carbocycles. The number of carboxylic acids is 1. The molecule has 1 aliphatic heterocycles. The summed E-state index contributed by atoms with van der Waals surface area (Å²) in [6.07, 6.45) is 4.56. The van der Waals surface area contributed by atoms with Gasteiger partial charge in [-0.1, -0.05) is 12.8 Å². The molecular formula is C14H23N3O4. The highest BCUT2D eigenvalue weighted by Gasteiger charge is 2.34. The second-order valence-corrected chi connectivity index (χ2v) is 5.87. The van der Waals surface area contributed by atoms with E-state index >= 15 is 0 Å². The van der Waals surface area contributed by atoms with Crippen LogP contribution in [0.1, 0.15) is 39.0 Å². The summed E-state index contributed by atoms with van der Waals surface area (Å²) < 4.78 is 0. The van der Waals surface area contributed by atoms with Gasteiger partial charge in [-0.3, -0.25) is 9.59 Å². The van der Waals surface area contributed by atoms with E-state index < -0.39 is 5.97 Å². The Morgan fingerprint density at radius 1 is 1.24 bits per heavy atom. The van der Waals surface area contributed by atoms with Crippen LogP contribution in [0.3, 0.4) is 0 Å². The molecule has 1 aliphatic carbocycles. The minimum Gasteiger partial charge on any atom is -0.480 e. The second-order valence-electron chi connectivity index (χ2n) is 5.87. The van der Waals surface area contributed by atoms with E-state index in [2.05, 4.69) is 5.32 Å². The van der Waals surface area contributed by atoms with Crippen molar-refractivity contribution in [2.75, 3.05) is 19.6 Å². The smallest absolute Gasteiger partial charge is 0.323 e. The summed E-state index contributed by atoms with van der Waals surface area (Å²) in [4.78, 5) is 37.8. The molecule has 0 aromatic carbocycles. The lowest BCUT2D eigenvalue weighted by Crippen LogP contribution is -2.49. The van der Waals surface area contributed by atoms with E-state index in [1.165, 1.54) is 11.8 Å². The van der Waals surface area contributed by atoms with Crippen molar-refractivity contribution < 1.29 is 19.5 Å². The van der Waals surface area contributed by atoms with Gasteiger partial charge in [-0.05, 0) is 19.3 Å². The van der Waals surface area contributed by atoms with E-state index in [-0.39, 0.29) is 30.6 Å². The van der Waals surface area contributed by atoms with Crippen molar-refractivity contribution in [3.8, 4) is 0 Å². The van der Waals surface area contributed by atoms with Gasteiger partial charge < -0.3 is 20.2 Å². The quantitative estimate of drug-likeness (QED) is 0.797. The zero-order valence-corrected chi connectivity index (χ0v) is 12.4. The monoisotopic (exact) mass is 297 g/mol. The van der Waals surface area contributed by atoms with Crippen LogP contribution in [-0.2, 0) is 9.59 Å². The fourth-order valence-electron chi connectivity index (χ4n) is 3.24. The van der Waals surface area contributed by atoms with Crippen molar-refractivity contribution in [1.29, 1.82) is 0 Å². The zero-order valence-electron chi connectivity index (χ0n) is 12.4. The Balaban J connectivity index is 1.97. The van der Waals surface area contributed by atoms with Gasteiger partial charge in [0.25, 0.3) is 0 Å². The third-order valence-corrected chi connectivity index (χ3v) is 4.18. The van der Waals surface area contributed by atoms with Crippen LogP contribution >= 0.6 is 0 Å². The number of carbonyl (C=O) groups is 3. The molecule has 3 amide bonds. The van der Waals surface area contributed by atoms with Crippen molar-refractivity contribution in [3.63, 3.8) is 0 Å². The average Bonchev–Trinajstić information content (AvgIpc) is 3.05. The number of nitrogens with zero attached hydrogens (tertiary/aromatic N) is 2. The normalized spacial score (nSPS) is 22.3. The second kappa shape index (κ2) is 6.78. The Morgan fingerprint density at radius 2 is 1.90 bits per heavy atom. The van der Waals surface area contributed by atoms with Crippen molar-refractivity contribution in [2.45, 2.75) is 51.1 Å². The molecule has 118 valence electrons. The van der Waals surface area contributed by atoms with Gasteiger partial charge in [0.05, 0.1) is 0 Å². The van der Waals surface area contributed by atoms with Crippen LogP contribution in [0.5, 0.6) is 0 Å². The molecule has 1 saturated heterocycles. The van der Waals surface area contributed by atoms with Crippen molar-refractivity contribution in [2.24, 2.45) is 0 Å². The fourth-order valence-corrected chi connectivity index (χ4v) is 3.24. The minimum absolute atomic E-state index is 0.0262. The molecule has 21 heavy (non-hydrogen) atoms. The summed E-state index contributed by atoms with van der Waals surface area (Å²) in [5.74, 6) is -1.08. The first-order valence-electron chi connectivity index (χ1n) is 7.52. The summed E-state index contributed by atoms with van der Waals surface area (Å²) >= 11 is 0. The number of likely N-dealkylation sites (tertiary alicyclic amines) is 1. The van der Waals surface area contributed by atoms with Gasteiger partial charge in [0.15, 0.2) is 0 Å². The first kappa shape index (κ1) is 15.6. The lowest BCUT2D eigenvalue weighted by atomic mass is 10.2. The van der Waals surface area contributed by atoms with Crippen LogP contribution in [-0.4, -0.2) is 64.5 Å². The molecule has 2 rings (SSSR count).